The first-order valence-electron chi connectivity index (χ1n) is 19.1. The average Bonchev–Trinajstić information content (AvgIpc) is 4.07. The molecule has 282 valence electrons. The number of anilines is 2. The highest BCUT2D eigenvalue weighted by molar-refractivity contribution is 5.99. The minimum absolute atomic E-state index is 0.0117. The minimum atomic E-state index is -0.492. The molecule has 4 atom stereocenters. The van der Waals surface area contributed by atoms with Crippen molar-refractivity contribution in [1.82, 2.24) is 44.7 Å². The Hall–Kier alpha value is -6.77. The second-order valence-electron chi connectivity index (χ2n) is 15.1. The third-order valence-corrected chi connectivity index (χ3v) is 11.9. The summed E-state index contributed by atoms with van der Waals surface area (Å²) in [4.78, 5) is 73.4. The summed E-state index contributed by atoms with van der Waals surface area (Å²) < 4.78 is 0. The predicted octanol–water partition coefficient (Wildman–Crippen LogP) is 4.48. The van der Waals surface area contributed by atoms with Crippen molar-refractivity contribution < 1.29 is 14.4 Å². The van der Waals surface area contributed by atoms with Gasteiger partial charge >= 0.3 is 0 Å². The molecule has 5 aromatic heterocycles. The van der Waals surface area contributed by atoms with Crippen LogP contribution in [0.3, 0.4) is 0 Å². The maximum Gasteiger partial charge on any atom is 0.254 e. The molecule has 56 heavy (non-hydrogen) atoms. The van der Waals surface area contributed by atoms with Gasteiger partial charge in [0.25, 0.3) is 11.8 Å². The summed E-state index contributed by atoms with van der Waals surface area (Å²) in [7, 11) is 0. The van der Waals surface area contributed by atoms with Crippen molar-refractivity contribution in [2.75, 3.05) is 36.0 Å². The Balaban J connectivity index is 0.000000137. The van der Waals surface area contributed by atoms with E-state index in [9.17, 15) is 14.4 Å². The molecule has 4 aliphatic rings. The fourth-order valence-electron chi connectivity index (χ4n) is 9.29. The van der Waals surface area contributed by atoms with Gasteiger partial charge < -0.3 is 40.3 Å². The summed E-state index contributed by atoms with van der Waals surface area (Å²) in [5.41, 5.74) is 9.73. The number of carbonyl (C=O) groups is 3. The van der Waals surface area contributed by atoms with Gasteiger partial charge in [-0.05, 0) is 85.7 Å². The molecule has 4 unspecified atom stereocenters. The van der Waals surface area contributed by atoms with Gasteiger partial charge in [-0.2, -0.15) is 0 Å². The number of fused-ring (bicyclic) bond motifs is 7. The van der Waals surface area contributed by atoms with Gasteiger partial charge in [0.05, 0.1) is 34.9 Å². The van der Waals surface area contributed by atoms with Gasteiger partial charge in [-0.3, -0.25) is 14.4 Å². The molecule has 0 spiro atoms. The fourth-order valence-corrected chi connectivity index (χ4v) is 9.29. The van der Waals surface area contributed by atoms with E-state index in [2.05, 4.69) is 49.6 Å². The number of H-pyrrole nitrogens is 3. The van der Waals surface area contributed by atoms with Gasteiger partial charge in [0.15, 0.2) is 0 Å². The summed E-state index contributed by atoms with van der Waals surface area (Å²) in [5, 5.41) is 3.17. The van der Waals surface area contributed by atoms with E-state index in [-0.39, 0.29) is 36.0 Å². The molecule has 7 aromatic rings. The van der Waals surface area contributed by atoms with Crippen molar-refractivity contribution in [1.29, 1.82) is 0 Å². The van der Waals surface area contributed by atoms with Crippen molar-refractivity contribution in [3.05, 3.63) is 109 Å². The zero-order chi connectivity index (χ0) is 37.9. The lowest BCUT2D eigenvalue weighted by Gasteiger charge is -2.41. The van der Waals surface area contributed by atoms with E-state index < -0.39 is 5.91 Å². The Labute approximate surface area is 320 Å². The Bertz CT molecular complexity index is 2590. The van der Waals surface area contributed by atoms with E-state index in [0.717, 1.165) is 102 Å². The zero-order valence-corrected chi connectivity index (χ0v) is 30.5. The largest absolute Gasteiger partial charge is 0.366 e. The number of piperazine rings is 2. The lowest BCUT2D eigenvalue weighted by Crippen LogP contribution is -2.56. The molecule has 9 heterocycles. The molecule has 4 fully saturated rings. The van der Waals surface area contributed by atoms with E-state index in [1.807, 2.05) is 59.9 Å². The van der Waals surface area contributed by atoms with Crippen LogP contribution < -0.4 is 15.5 Å². The molecule has 4 bridgehead atoms. The maximum absolute atomic E-state index is 13.3. The molecule has 4 aliphatic heterocycles. The highest BCUT2D eigenvalue weighted by Crippen LogP contribution is 2.37. The smallest absolute Gasteiger partial charge is 0.254 e. The summed E-state index contributed by atoms with van der Waals surface area (Å²) in [6.07, 6.45) is 12.9. The quantitative estimate of drug-likeness (QED) is 0.197. The normalized spacial score (nSPS) is 21.5. The van der Waals surface area contributed by atoms with Gasteiger partial charge in [-0.25, -0.2) is 19.9 Å². The molecule has 0 aliphatic carbocycles. The summed E-state index contributed by atoms with van der Waals surface area (Å²) >= 11 is 0. The number of aromatic amines is 3. The van der Waals surface area contributed by atoms with Crippen LogP contribution in [0.25, 0.3) is 33.0 Å². The third-order valence-electron chi connectivity index (χ3n) is 11.9. The number of nitrogens with two attached hydrogens (primary N) is 1. The number of nitrogens with zero attached hydrogens (tertiary/aromatic N) is 8. The Morgan fingerprint density at radius 2 is 1.02 bits per heavy atom. The van der Waals surface area contributed by atoms with Crippen molar-refractivity contribution in [2.24, 2.45) is 5.73 Å². The second-order valence-corrected chi connectivity index (χ2v) is 15.1. The van der Waals surface area contributed by atoms with Gasteiger partial charge in [0.1, 0.15) is 35.6 Å². The molecule has 0 saturated carbocycles. The Kier molecular flexibility index (Phi) is 8.15. The highest BCUT2D eigenvalue weighted by atomic mass is 16.2. The first-order chi connectivity index (χ1) is 27.4. The van der Waals surface area contributed by atoms with E-state index >= 15 is 0 Å². The lowest BCUT2D eigenvalue weighted by molar-refractivity contribution is 0.0633. The maximum atomic E-state index is 13.3. The number of hydrogen-bond donors (Lipinski definition) is 4. The van der Waals surface area contributed by atoms with E-state index in [1.165, 1.54) is 0 Å². The van der Waals surface area contributed by atoms with Crippen LogP contribution in [0.2, 0.25) is 0 Å². The molecule has 11 rings (SSSR count). The SMILES string of the molecule is NC(=O)c1ccc(C(=O)N2C3CCC2CN(c2ncnc4[nH]ccc24)C3)cc1.O=C(c1ccc2cc[nH]c2c1)N1C2CCC1CN(c1ncnc3[nH]ccc13)C2. The topological polar surface area (TPSA) is 189 Å². The average molecular weight is 749 g/mol. The second kappa shape index (κ2) is 13.5. The number of rotatable bonds is 5. The number of carbonyl (C=O) groups excluding carboxylic acids is 3. The van der Waals surface area contributed by atoms with Crippen LogP contribution in [0, 0.1) is 0 Å². The van der Waals surface area contributed by atoms with Crippen molar-refractivity contribution in [3.63, 3.8) is 0 Å². The van der Waals surface area contributed by atoms with Crippen molar-refractivity contribution in [3.8, 4) is 0 Å². The van der Waals surface area contributed by atoms with Gasteiger partial charge in [-0.15, -0.1) is 0 Å². The van der Waals surface area contributed by atoms with Crippen LogP contribution in [0.4, 0.5) is 11.6 Å². The molecule has 15 heteroatoms. The fraction of sp³-hybridized carbons (Fsp3) is 0.293. The lowest BCUT2D eigenvalue weighted by atomic mass is 10.1. The van der Waals surface area contributed by atoms with Gasteiger partial charge in [-0.1, -0.05) is 6.07 Å². The third kappa shape index (κ3) is 5.77. The summed E-state index contributed by atoms with van der Waals surface area (Å²) in [5.74, 6) is 1.54. The van der Waals surface area contributed by atoms with Crippen LogP contribution in [0.5, 0.6) is 0 Å². The predicted molar refractivity (Wildman–Crippen MR) is 211 cm³/mol. The monoisotopic (exact) mass is 748 g/mol. The molecule has 5 N–H and O–H groups in total. The van der Waals surface area contributed by atoms with E-state index in [0.29, 0.717) is 11.1 Å². The summed E-state index contributed by atoms with van der Waals surface area (Å²) in [6.45, 7) is 3.12. The Morgan fingerprint density at radius 3 is 1.54 bits per heavy atom. The highest BCUT2D eigenvalue weighted by Gasteiger charge is 2.45. The number of hydrogen-bond acceptors (Lipinski definition) is 9. The molecular weight excluding hydrogens is 709 g/mol. The molecule has 0 radical (unpaired) electrons. The molecular formula is C41H40N12O3. The van der Waals surface area contributed by atoms with Crippen LogP contribution >= 0.6 is 0 Å². The number of primary amides is 1. The molecule has 3 amide bonds. The van der Waals surface area contributed by atoms with Crippen LogP contribution in [-0.2, 0) is 0 Å². The minimum Gasteiger partial charge on any atom is -0.366 e. The van der Waals surface area contributed by atoms with E-state index in [4.69, 9.17) is 5.73 Å². The van der Waals surface area contributed by atoms with Gasteiger partial charge in [0, 0.05) is 67.0 Å². The standard InChI is InChI=1S/C21H20N6O.C20H20N6O2/c28-21(14-2-1-13-5-7-22-18(13)9-14)27-15-3-4-16(27)11-26(10-15)20-17-6-8-23-19(17)24-12-25-20;21-17(27)12-1-3-13(4-2-12)20(28)26-14-5-6-15(26)10-25(9-14)19-16-7-8-22-18(16)23-11-24-19/h1-2,5-9,12,15-16,22H,3-4,10-11H2,(H,23,24,25);1-4,7-8,11,14-15H,5-6,9-10H2,(H2,21,27)(H,22,23,24). The van der Waals surface area contributed by atoms with E-state index in [1.54, 1.807) is 36.9 Å². The van der Waals surface area contributed by atoms with Gasteiger partial charge in [0.2, 0.25) is 5.91 Å². The number of amides is 3. The number of aromatic nitrogens is 7. The number of benzene rings is 2. The van der Waals surface area contributed by atoms with Crippen molar-refractivity contribution >= 4 is 62.3 Å². The molecule has 15 nitrogen and oxygen atoms in total. The first kappa shape index (κ1) is 33.8. The molecule has 4 saturated heterocycles. The van der Waals surface area contributed by atoms with Crippen molar-refractivity contribution in [2.45, 2.75) is 49.9 Å². The molecule has 2 aromatic carbocycles. The van der Waals surface area contributed by atoms with Crippen LogP contribution in [-0.4, -0.2) is 113 Å². The van der Waals surface area contributed by atoms with Crippen LogP contribution in [0.15, 0.2) is 91.9 Å². The summed E-state index contributed by atoms with van der Waals surface area (Å²) in [6, 6.07) is 19.3. The zero-order valence-electron chi connectivity index (χ0n) is 30.5. The van der Waals surface area contributed by atoms with Crippen LogP contribution in [0.1, 0.15) is 56.8 Å². The number of nitrogens with one attached hydrogen (secondary N) is 3. The first-order valence-corrected chi connectivity index (χ1v) is 19.1. The Morgan fingerprint density at radius 1 is 0.554 bits per heavy atom.